The van der Waals surface area contributed by atoms with Gasteiger partial charge >= 0.3 is 0 Å². The molecule has 1 amide bonds. The highest BCUT2D eigenvalue weighted by atomic mass is 16.1. The van der Waals surface area contributed by atoms with E-state index in [1.54, 1.807) is 17.3 Å². The van der Waals surface area contributed by atoms with Gasteiger partial charge in [0, 0.05) is 31.6 Å². The van der Waals surface area contributed by atoms with Gasteiger partial charge in [0.1, 0.15) is 24.8 Å². The lowest BCUT2D eigenvalue weighted by Crippen LogP contribution is -2.42. The van der Waals surface area contributed by atoms with Gasteiger partial charge in [-0.2, -0.15) is 5.10 Å². The maximum absolute atomic E-state index is 12.5. The van der Waals surface area contributed by atoms with E-state index >= 15 is 0 Å². The molecule has 2 aromatic rings. The monoisotopic (exact) mass is 369 g/mol. The van der Waals surface area contributed by atoms with Gasteiger partial charge in [-0.3, -0.25) is 4.79 Å². The van der Waals surface area contributed by atoms with Gasteiger partial charge in [-0.15, -0.1) is 0 Å². The fourth-order valence-electron chi connectivity index (χ4n) is 4.11. The van der Waals surface area contributed by atoms with E-state index in [1.165, 1.54) is 38.4 Å². The van der Waals surface area contributed by atoms with Crippen molar-refractivity contribution in [1.29, 1.82) is 0 Å². The van der Waals surface area contributed by atoms with Crippen molar-refractivity contribution in [2.45, 2.75) is 44.9 Å². The van der Waals surface area contributed by atoms with Crippen molar-refractivity contribution in [3.63, 3.8) is 0 Å². The van der Waals surface area contributed by atoms with Crippen LogP contribution in [0.5, 0.6) is 0 Å². The summed E-state index contributed by atoms with van der Waals surface area (Å²) in [6.45, 7) is 2.51. The Bertz CT molecular complexity index is 734. The van der Waals surface area contributed by atoms with Crippen molar-refractivity contribution in [1.82, 2.24) is 30.0 Å². The first-order chi connectivity index (χ1) is 13.3. The lowest BCUT2D eigenvalue weighted by Gasteiger charge is -2.32. The molecule has 0 atom stereocenters. The van der Waals surface area contributed by atoms with Crippen molar-refractivity contribution in [2.75, 3.05) is 24.5 Å². The zero-order chi connectivity index (χ0) is 18.5. The van der Waals surface area contributed by atoms with Gasteiger partial charge in [-0.05, 0) is 31.6 Å². The van der Waals surface area contributed by atoms with Gasteiger partial charge in [0.2, 0.25) is 5.91 Å². The number of amides is 1. The number of carbonyl (C=O) groups excluding carboxylic acids is 1. The van der Waals surface area contributed by atoms with E-state index < -0.39 is 0 Å². The second-order valence-corrected chi connectivity index (χ2v) is 7.58. The number of anilines is 1. The highest BCUT2D eigenvalue weighted by molar-refractivity contribution is 5.79. The Labute approximate surface area is 159 Å². The van der Waals surface area contributed by atoms with E-state index in [0.29, 0.717) is 11.7 Å². The van der Waals surface area contributed by atoms with Gasteiger partial charge < -0.3 is 10.2 Å². The Balaban J connectivity index is 1.28. The minimum Gasteiger partial charge on any atom is -0.356 e. The minimum atomic E-state index is 0.112. The molecule has 0 unspecified atom stereocenters. The van der Waals surface area contributed by atoms with Crippen molar-refractivity contribution < 1.29 is 4.79 Å². The third kappa shape index (κ3) is 4.43. The topological polar surface area (TPSA) is 88.8 Å². The molecular weight excluding hydrogens is 342 g/mol. The van der Waals surface area contributed by atoms with E-state index in [-0.39, 0.29) is 11.8 Å². The minimum absolute atomic E-state index is 0.112. The molecule has 1 saturated carbocycles. The highest BCUT2D eigenvalue weighted by Crippen LogP contribution is 2.25. The van der Waals surface area contributed by atoms with Gasteiger partial charge in [-0.1, -0.05) is 19.3 Å². The van der Waals surface area contributed by atoms with Crippen LogP contribution in [0.1, 0.15) is 44.9 Å². The molecule has 0 spiro atoms. The largest absolute Gasteiger partial charge is 0.356 e. The van der Waals surface area contributed by atoms with Crippen LogP contribution in [0.25, 0.3) is 5.82 Å². The molecule has 1 N–H and O–H groups in total. The van der Waals surface area contributed by atoms with Crippen LogP contribution in [-0.4, -0.2) is 50.3 Å². The number of hydrogen-bond acceptors (Lipinski definition) is 6. The molecule has 0 bridgehead atoms. The zero-order valence-electron chi connectivity index (χ0n) is 15.6. The van der Waals surface area contributed by atoms with Gasteiger partial charge in [0.15, 0.2) is 5.82 Å². The number of piperidine rings is 1. The van der Waals surface area contributed by atoms with Crippen LogP contribution < -0.4 is 10.2 Å². The molecule has 0 radical (unpaired) electrons. The summed E-state index contributed by atoms with van der Waals surface area (Å²) in [5.74, 6) is 2.59. The molecule has 1 aliphatic carbocycles. The summed E-state index contributed by atoms with van der Waals surface area (Å²) in [4.78, 5) is 27.3. The number of carbonyl (C=O) groups is 1. The molecule has 8 nitrogen and oxygen atoms in total. The lowest BCUT2D eigenvalue weighted by molar-refractivity contribution is -0.125. The maximum atomic E-state index is 12.5. The van der Waals surface area contributed by atoms with Crippen LogP contribution in [0.2, 0.25) is 0 Å². The van der Waals surface area contributed by atoms with Crippen molar-refractivity contribution >= 4 is 11.7 Å². The first kappa shape index (κ1) is 17.9. The summed E-state index contributed by atoms with van der Waals surface area (Å²) in [5.41, 5.74) is 0. The lowest BCUT2D eigenvalue weighted by atomic mass is 9.89. The molecule has 2 fully saturated rings. The van der Waals surface area contributed by atoms with Crippen LogP contribution >= 0.6 is 0 Å². The highest BCUT2D eigenvalue weighted by Gasteiger charge is 2.26. The molecule has 3 heterocycles. The molecule has 2 aromatic heterocycles. The fraction of sp³-hybridized carbons (Fsp3) is 0.632. The number of nitrogens with zero attached hydrogens (tertiary/aromatic N) is 6. The summed E-state index contributed by atoms with van der Waals surface area (Å²) < 4.78 is 1.62. The predicted octanol–water partition coefficient (Wildman–Crippen LogP) is 1.97. The van der Waals surface area contributed by atoms with Crippen molar-refractivity contribution in [3.8, 4) is 5.82 Å². The molecule has 1 saturated heterocycles. The Morgan fingerprint density at radius 1 is 1.04 bits per heavy atom. The summed E-state index contributed by atoms with van der Waals surface area (Å²) in [6.07, 6.45) is 12.9. The molecule has 1 aliphatic heterocycles. The quantitative estimate of drug-likeness (QED) is 0.867. The summed E-state index contributed by atoms with van der Waals surface area (Å²) >= 11 is 0. The Morgan fingerprint density at radius 3 is 2.56 bits per heavy atom. The zero-order valence-corrected chi connectivity index (χ0v) is 15.6. The SMILES string of the molecule is O=C(NCC1CCCCC1)C1CCN(c2cc(-n3cncn3)ncn2)CC1. The Morgan fingerprint density at radius 2 is 1.81 bits per heavy atom. The van der Waals surface area contributed by atoms with E-state index in [1.807, 2.05) is 6.07 Å². The molecule has 8 heteroatoms. The first-order valence-electron chi connectivity index (χ1n) is 9.99. The van der Waals surface area contributed by atoms with Gasteiger partial charge in [0.25, 0.3) is 0 Å². The van der Waals surface area contributed by atoms with Crippen LogP contribution in [0.15, 0.2) is 25.0 Å². The van der Waals surface area contributed by atoms with Gasteiger partial charge in [-0.25, -0.2) is 19.6 Å². The Hall–Kier alpha value is -2.51. The Kier molecular flexibility index (Phi) is 5.60. The molecular formula is C19H27N7O. The molecule has 4 rings (SSSR count). The standard InChI is InChI=1S/C19H27N7O/c27-19(21-11-15-4-2-1-3-5-15)16-6-8-25(9-7-16)17-10-18(23-13-22-17)26-14-20-12-24-26/h10,12-16H,1-9,11H2,(H,21,27). The predicted molar refractivity (Wildman–Crippen MR) is 101 cm³/mol. The molecule has 27 heavy (non-hydrogen) atoms. The third-order valence-electron chi connectivity index (χ3n) is 5.77. The third-order valence-corrected chi connectivity index (χ3v) is 5.77. The summed E-state index contributed by atoms with van der Waals surface area (Å²) in [7, 11) is 0. The van der Waals surface area contributed by atoms with E-state index in [2.05, 4.69) is 30.3 Å². The van der Waals surface area contributed by atoms with Crippen molar-refractivity contribution in [2.24, 2.45) is 11.8 Å². The molecule has 144 valence electrons. The average Bonchev–Trinajstić information content (AvgIpc) is 3.28. The molecule has 2 aliphatic rings. The summed E-state index contributed by atoms with van der Waals surface area (Å²) in [6, 6.07) is 1.91. The maximum Gasteiger partial charge on any atom is 0.223 e. The number of hydrogen-bond donors (Lipinski definition) is 1. The van der Waals surface area contributed by atoms with Crippen LogP contribution in [0.4, 0.5) is 5.82 Å². The first-order valence-corrected chi connectivity index (χ1v) is 9.99. The van der Waals surface area contributed by atoms with E-state index in [4.69, 9.17) is 0 Å². The number of nitrogens with one attached hydrogen (secondary N) is 1. The smallest absolute Gasteiger partial charge is 0.223 e. The van der Waals surface area contributed by atoms with Crippen LogP contribution in [0.3, 0.4) is 0 Å². The number of rotatable bonds is 5. The van der Waals surface area contributed by atoms with Gasteiger partial charge in [0.05, 0.1) is 0 Å². The second-order valence-electron chi connectivity index (χ2n) is 7.58. The average molecular weight is 369 g/mol. The van der Waals surface area contributed by atoms with Crippen LogP contribution in [-0.2, 0) is 4.79 Å². The normalized spacial score (nSPS) is 19.2. The molecule has 0 aromatic carbocycles. The summed E-state index contributed by atoms with van der Waals surface area (Å²) in [5, 5.41) is 7.31. The van der Waals surface area contributed by atoms with Crippen LogP contribution in [0, 0.1) is 11.8 Å². The second kappa shape index (κ2) is 8.45. The van der Waals surface area contributed by atoms with E-state index in [9.17, 15) is 4.79 Å². The number of aromatic nitrogens is 5. The van der Waals surface area contributed by atoms with E-state index in [0.717, 1.165) is 38.3 Å². The fourth-order valence-corrected chi connectivity index (χ4v) is 4.11. The van der Waals surface area contributed by atoms with Crippen molar-refractivity contribution in [3.05, 3.63) is 25.0 Å².